The Kier molecular flexibility index (Phi) is 5.46. The van der Waals surface area contributed by atoms with Crippen molar-refractivity contribution in [3.05, 3.63) is 60.9 Å². The highest BCUT2D eigenvalue weighted by Crippen LogP contribution is 2.43. The number of para-hydroxylation sites is 1. The van der Waals surface area contributed by atoms with Crippen LogP contribution in [0, 0.1) is 0 Å². The fraction of sp³-hybridized carbons (Fsp3) is 0.304. The van der Waals surface area contributed by atoms with Gasteiger partial charge in [0.15, 0.2) is 5.82 Å². The maximum atomic E-state index is 6.13. The molecular formula is C23H24N4O2S. The van der Waals surface area contributed by atoms with Gasteiger partial charge in [0.25, 0.3) is 5.88 Å². The van der Waals surface area contributed by atoms with E-state index in [4.69, 9.17) is 9.47 Å². The van der Waals surface area contributed by atoms with Crippen LogP contribution in [0.5, 0.6) is 11.6 Å². The zero-order chi connectivity index (χ0) is 20.3. The molecule has 154 valence electrons. The van der Waals surface area contributed by atoms with E-state index in [1.54, 1.807) is 19.5 Å². The van der Waals surface area contributed by atoms with E-state index in [-0.39, 0.29) is 0 Å². The Balaban J connectivity index is 1.32. The van der Waals surface area contributed by atoms with Crippen LogP contribution < -0.4 is 14.5 Å². The summed E-state index contributed by atoms with van der Waals surface area (Å²) < 4.78 is 11.6. The molecule has 0 saturated carbocycles. The van der Waals surface area contributed by atoms with Crippen molar-refractivity contribution in [3.63, 3.8) is 0 Å². The number of ether oxygens (including phenoxy) is 2. The minimum absolute atomic E-state index is 0.323. The Morgan fingerprint density at radius 3 is 2.53 bits per heavy atom. The third-order valence-electron chi connectivity index (χ3n) is 5.59. The highest BCUT2D eigenvalue weighted by Gasteiger charge is 2.23. The number of aromatic nitrogens is 2. The number of rotatable bonds is 5. The molecule has 2 aromatic carbocycles. The smallest absolute Gasteiger partial charge is 0.263 e. The molecule has 2 aliphatic heterocycles. The standard InChI is InChI=1S/C23H24N4O2S/c1-28-18-10-14-26(15-11-18)22-23(25-13-12-24-22)29-19-8-6-17(7-9-19)27-16-30-21-5-3-2-4-20(21)27/h2-9,12-13,18H,10-11,14-16H2,1H3. The monoisotopic (exact) mass is 420 g/mol. The number of hydrogen-bond donors (Lipinski definition) is 0. The van der Waals surface area contributed by atoms with Crippen molar-refractivity contribution >= 4 is 29.0 Å². The molecule has 0 unspecified atom stereocenters. The number of thioether (sulfide) groups is 1. The minimum Gasteiger partial charge on any atom is -0.436 e. The molecule has 0 bridgehead atoms. The van der Waals surface area contributed by atoms with Crippen molar-refractivity contribution in [3.8, 4) is 11.6 Å². The van der Waals surface area contributed by atoms with Gasteiger partial charge >= 0.3 is 0 Å². The van der Waals surface area contributed by atoms with Gasteiger partial charge in [-0.2, -0.15) is 0 Å². The van der Waals surface area contributed by atoms with Gasteiger partial charge in [0.05, 0.1) is 17.7 Å². The summed E-state index contributed by atoms with van der Waals surface area (Å²) in [6.45, 7) is 1.77. The average molecular weight is 421 g/mol. The summed E-state index contributed by atoms with van der Waals surface area (Å²) in [7, 11) is 1.78. The number of piperidine rings is 1. The maximum Gasteiger partial charge on any atom is 0.263 e. The number of hydrogen-bond acceptors (Lipinski definition) is 7. The van der Waals surface area contributed by atoms with Crippen LogP contribution in [0.15, 0.2) is 65.8 Å². The quantitative estimate of drug-likeness (QED) is 0.570. The van der Waals surface area contributed by atoms with E-state index in [9.17, 15) is 0 Å². The van der Waals surface area contributed by atoms with Crippen LogP contribution in [0.3, 0.4) is 0 Å². The molecule has 2 aliphatic rings. The Hall–Kier alpha value is -2.77. The first-order valence-corrected chi connectivity index (χ1v) is 11.2. The first-order valence-electron chi connectivity index (χ1n) is 10.2. The fourth-order valence-corrected chi connectivity index (χ4v) is 4.99. The van der Waals surface area contributed by atoms with Crippen molar-refractivity contribution in [2.24, 2.45) is 0 Å². The molecule has 30 heavy (non-hydrogen) atoms. The number of anilines is 3. The van der Waals surface area contributed by atoms with Gasteiger partial charge in [-0.3, -0.25) is 0 Å². The van der Waals surface area contributed by atoms with Crippen LogP contribution in [0.4, 0.5) is 17.2 Å². The molecule has 0 spiro atoms. The largest absolute Gasteiger partial charge is 0.436 e. The van der Waals surface area contributed by atoms with Crippen molar-refractivity contribution < 1.29 is 9.47 Å². The second-order valence-electron chi connectivity index (χ2n) is 7.37. The zero-order valence-electron chi connectivity index (χ0n) is 16.9. The molecule has 3 heterocycles. The van der Waals surface area contributed by atoms with E-state index >= 15 is 0 Å². The normalized spacial score (nSPS) is 16.6. The molecule has 1 saturated heterocycles. The summed E-state index contributed by atoms with van der Waals surface area (Å²) in [4.78, 5) is 14.9. The highest BCUT2D eigenvalue weighted by molar-refractivity contribution is 7.99. The third kappa shape index (κ3) is 3.82. The zero-order valence-corrected chi connectivity index (χ0v) is 17.7. The summed E-state index contributed by atoms with van der Waals surface area (Å²) in [6.07, 6.45) is 5.68. The topological polar surface area (TPSA) is 50.7 Å². The van der Waals surface area contributed by atoms with E-state index in [1.165, 1.54) is 10.6 Å². The van der Waals surface area contributed by atoms with Gasteiger partial charge < -0.3 is 19.3 Å². The maximum absolute atomic E-state index is 6.13. The van der Waals surface area contributed by atoms with Gasteiger partial charge in [0.2, 0.25) is 0 Å². The summed E-state index contributed by atoms with van der Waals surface area (Å²) in [5.74, 6) is 3.02. The van der Waals surface area contributed by atoms with Gasteiger partial charge in [0.1, 0.15) is 5.75 Å². The number of nitrogens with zero attached hydrogens (tertiary/aromatic N) is 4. The minimum atomic E-state index is 0.323. The van der Waals surface area contributed by atoms with Crippen LogP contribution >= 0.6 is 11.8 Å². The Morgan fingerprint density at radius 2 is 1.73 bits per heavy atom. The van der Waals surface area contributed by atoms with E-state index in [0.717, 1.165) is 49.1 Å². The van der Waals surface area contributed by atoms with Crippen LogP contribution in [0.2, 0.25) is 0 Å². The molecular weight excluding hydrogens is 396 g/mol. The van der Waals surface area contributed by atoms with Gasteiger partial charge in [-0.25, -0.2) is 9.97 Å². The molecule has 0 aliphatic carbocycles. The van der Waals surface area contributed by atoms with Crippen molar-refractivity contribution in [2.75, 3.05) is 35.9 Å². The van der Waals surface area contributed by atoms with Gasteiger partial charge in [-0.05, 0) is 49.2 Å². The molecule has 0 N–H and O–H groups in total. The van der Waals surface area contributed by atoms with Crippen LogP contribution in [-0.4, -0.2) is 42.1 Å². The molecule has 1 fully saturated rings. The Morgan fingerprint density at radius 1 is 0.967 bits per heavy atom. The fourth-order valence-electron chi connectivity index (χ4n) is 3.94. The lowest BCUT2D eigenvalue weighted by atomic mass is 10.1. The lowest BCUT2D eigenvalue weighted by Crippen LogP contribution is -2.37. The molecule has 5 rings (SSSR count). The van der Waals surface area contributed by atoms with E-state index in [2.05, 4.69) is 56.2 Å². The molecule has 0 atom stereocenters. The lowest BCUT2D eigenvalue weighted by molar-refractivity contribution is 0.0817. The van der Waals surface area contributed by atoms with E-state index in [1.807, 2.05) is 23.9 Å². The first-order chi connectivity index (χ1) is 14.8. The van der Waals surface area contributed by atoms with Gasteiger partial charge in [0, 0.05) is 43.2 Å². The first kappa shape index (κ1) is 19.2. The molecule has 7 heteroatoms. The second kappa shape index (κ2) is 8.53. The molecule has 1 aromatic heterocycles. The van der Waals surface area contributed by atoms with Gasteiger partial charge in [-0.1, -0.05) is 12.1 Å². The Bertz CT molecular complexity index is 1010. The summed E-state index contributed by atoms with van der Waals surface area (Å²) >= 11 is 1.86. The van der Waals surface area contributed by atoms with Crippen LogP contribution in [0.25, 0.3) is 0 Å². The van der Waals surface area contributed by atoms with E-state index < -0.39 is 0 Å². The molecule has 3 aromatic rings. The molecule has 0 radical (unpaired) electrons. The highest BCUT2D eigenvalue weighted by atomic mass is 32.2. The third-order valence-corrected chi connectivity index (χ3v) is 6.63. The molecule has 0 amide bonds. The number of fused-ring (bicyclic) bond motifs is 1. The van der Waals surface area contributed by atoms with Crippen LogP contribution in [-0.2, 0) is 4.74 Å². The number of benzene rings is 2. The van der Waals surface area contributed by atoms with Crippen molar-refractivity contribution in [2.45, 2.75) is 23.8 Å². The molecule has 6 nitrogen and oxygen atoms in total. The lowest BCUT2D eigenvalue weighted by Gasteiger charge is -2.32. The number of methoxy groups -OCH3 is 1. The van der Waals surface area contributed by atoms with Crippen LogP contribution in [0.1, 0.15) is 12.8 Å². The average Bonchev–Trinajstić information content (AvgIpc) is 3.24. The van der Waals surface area contributed by atoms with Crippen molar-refractivity contribution in [1.82, 2.24) is 9.97 Å². The predicted octanol–water partition coefficient (Wildman–Crippen LogP) is 5.09. The second-order valence-corrected chi connectivity index (χ2v) is 8.36. The SMILES string of the molecule is COC1CCN(c2nccnc2Oc2ccc(N3CSc4ccccc43)cc2)CC1. The summed E-state index contributed by atoms with van der Waals surface area (Å²) in [5, 5.41) is 0. The Labute approximate surface area is 180 Å². The predicted molar refractivity (Wildman–Crippen MR) is 120 cm³/mol. The van der Waals surface area contributed by atoms with E-state index in [0.29, 0.717) is 12.0 Å². The summed E-state index contributed by atoms with van der Waals surface area (Å²) in [6, 6.07) is 16.7. The van der Waals surface area contributed by atoms with Gasteiger partial charge in [-0.15, -0.1) is 11.8 Å². The van der Waals surface area contributed by atoms with Crippen molar-refractivity contribution in [1.29, 1.82) is 0 Å². The summed E-state index contributed by atoms with van der Waals surface area (Å²) in [5.41, 5.74) is 2.41.